The van der Waals surface area contributed by atoms with Gasteiger partial charge in [-0.25, -0.2) is 4.79 Å². The number of aliphatic carboxylic acids is 2. The molecule has 0 aliphatic carbocycles. The Hall–Kier alpha value is -4.86. The zero-order valence-electron chi connectivity index (χ0n) is 29.7. The number of primary amides is 1. The van der Waals surface area contributed by atoms with Crippen LogP contribution in [-0.4, -0.2) is 84.9 Å². The van der Waals surface area contributed by atoms with Crippen molar-refractivity contribution in [2.45, 2.75) is 130 Å². The molecule has 2 aromatic rings. The fraction of sp³-hybridized carbons (Fsp3) is 0.588. The molecule has 50 heavy (non-hydrogen) atoms. The second kappa shape index (κ2) is 23.5. The van der Waals surface area contributed by atoms with Crippen LogP contribution in [0.15, 0.2) is 30.5 Å². The van der Waals surface area contributed by atoms with E-state index >= 15 is 0 Å². The topological polar surface area (TPSA) is 248 Å². The van der Waals surface area contributed by atoms with Gasteiger partial charge in [-0.2, -0.15) is 0 Å². The molecule has 0 saturated heterocycles. The van der Waals surface area contributed by atoms with Gasteiger partial charge in [0, 0.05) is 38.2 Å². The van der Waals surface area contributed by atoms with Gasteiger partial charge in [0.05, 0.1) is 12.1 Å². The van der Waals surface area contributed by atoms with Crippen molar-refractivity contribution in [3.63, 3.8) is 0 Å². The number of carboxylic acid groups (broad SMARTS) is 2. The molecule has 4 amide bonds. The lowest BCUT2D eigenvalue weighted by Gasteiger charge is -2.22. The van der Waals surface area contributed by atoms with Crippen LogP contribution in [0.1, 0.15) is 95.9 Å². The molecular weight excluding hydrogens is 648 g/mol. The molecule has 0 spiro atoms. The molecule has 1 aromatic heterocycles. The van der Waals surface area contributed by atoms with Crippen molar-refractivity contribution in [1.82, 2.24) is 36.3 Å². The highest BCUT2D eigenvalue weighted by atomic mass is 16.4. The summed E-state index contributed by atoms with van der Waals surface area (Å²) in [7, 11) is 0. The van der Waals surface area contributed by atoms with Gasteiger partial charge in [-0.3, -0.25) is 28.7 Å². The van der Waals surface area contributed by atoms with Gasteiger partial charge in [-0.1, -0.05) is 62.7 Å². The number of carbonyl (C=O) groups excluding carboxylic acids is 4. The molecule has 3 unspecified atom stereocenters. The molecule has 1 heterocycles. The van der Waals surface area contributed by atoms with E-state index < -0.39 is 66.5 Å². The summed E-state index contributed by atoms with van der Waals surface area (Å²) in [4.78, 5) is 73.4. The second-order valence-electron chi connectivity index (χ2n) is 12.0. The number of amides is 4. The molecular formula is C34H54N8O8. The minimum absolute atomic E-state index is 0.0552. The van der Waals surface area contributed by atoms with Gasteiger partial charge in [0.15, 0.2) is 0 Å². The largest absolute Gasteiger partial charge is 0.481 e. The van der Waals surface area contributed by atoms with Gasteiger partial charge in [0.25, 0.3) is 0 Å². The standard InChI is InChI=1S/C32H48N8O8.C2H6/c1-20(2)34-18-23-19-40(39-38-23)16-5-4-8-24(30(33)45)35-28(42)17-26(32(47)48)37-31(46)25(14-15-29(43)44)36-27(41)9-6-7-22-12-10-21(3)11-13-22;1-2/h10-13,19-20,24-26,34H,4-9,14-18H2,1-3H3,(H2,33,45)(H,35,42)(H,36,41)(H,37,46)(H,43,44)(H,47,48);1-2H3. The van der Waals surface area contributed by atoms with Crippen molar-refractivity contribution in [1.29, 1.82) is 0 Å². The van der Waals surface area contributed by atoms with Crippen molar-refractivity contribution in [3.05, 3.63) is 47.3 Å². The predicted octanol–water partition coefficient (Wildman–Crippen LogP) is 1.58. The Bertz CT molecular complexity index is 1380. The average Bonchev–Trinajstić information content (AvgIpc) is 3.52. The van der Waals surface area contributed by atoms with Crippen molar-refractivity contribution >= 4 is 35.6 Å². The van der Waals surface area contributed by atoms with E-state index in [0.717, 1.165) is 16.8 Å². The first-order valence-electron chi connectivity index (χ1n) is 17.0. The number of unbranched alkanes of at least 4 members (excludes halogenated alkanes) is 1. The summed E-state index contributed by atoms with van der Waals surface area (Å²) in [6, 6.07) is 3.98. The Kier molecular flexibility index (Phi) is 20.3. The highest BCUT2D eigenvalue weighted by Gasteiger charge is 2.29. The molecule has 0 saturated carbocycles. The molecule has 0 radical (unpaired) electrons. The van der Waals surface area contributed by atoms with E-state index in [1.165, 1.54) is 0 Å². The van der Waals surface area contributed by atoms with E-state index in [1.54, 1.807) is 4.68 Å². The highest BCUT2D eigenvalue weighted by Crippen LogP contribution is 2.09. The third-order valence-electron chi connectivity index (χ3n) is 7.38. The Balaban J connectivity index is 0.00000613. The van der Waals surface area contributed by atoms with Crippen LogP contribution in [0.25, 0.3) is 0 Å². The van der Waals surface area contributed by atoms with Crippen LogP contribution < -0.4 is 27.0 Å². The first-order valence-corrected chi connectivity index (χ1v) is 17.0. The second-order valence-corrected chi connectivity index (χ2v) is 12.0. The van der Waals surface area contributed by atoms with Gasteiger partial charge in [0.1, 0.15) is 18.1 Å². The smallest absolute Gasteiger partial charge is 0.326 e. The normalized spacial score (nSPS) is 12.5. The third kappa shape index (κ3) is 18.1. The minimum Gasteiger partial charge on any atom is -0.481 e. The molecule has 1 aromatic carbocycles. The summed E-state index contributed by atoms with van der Waals surface area (Å²) in [5.41, 5.74) is 8.39. The fourth-order valence-corrected chi connectivity index (χ4v) is 4.67. The number of aromatic nitrogens is 3. The van der Waals surface area contributed by atoms with E-state index in [9.17, 15) is 33.9 Å². The predicted molar refractivity (Wildman–Crippen MR) is 185 cm³/mol. The lowest BCUT2D eigenvalue weighted by molar-refractivity contribution is -0.144. The Morgan fingerprint density at radius 2 is 1.50 bits per heavy atom. The molecule has 16 nitrogen and oxygen atoms in total. The maximum Gasteiger partial charge on any atom is 0.326 e. The van der Waals surface area contributed by atoms with Gasteiger partial charge < -0.3 is 37.2 Å². The number of benzene rings is 1. The van der Waals surface area contributed by atoms with Crippen LogP contribution in [0, 0.1) is 6.92 Å². The number of carboxylic acids is 2. The Labute approximate surface area is 293 Å². The van der Waals surface area contributed by atoms with Gasteiger partial charge in [-0.15, -0.1) is 5.10 Å². The van der Waals surface area contributed by atoms with Crippen LogP contribution in [0.5, 0.6) is 0 Å². The number of nitrogens with zero attached hydrogens (tertiary/aromatic N) is 3. The number of rotatable bonds is 23. The fourth-order valence-electron chi connectivity index (χ4n) is 4.67. The van der Waals surface area contributed by atoms with E-state index in [0.29, 0.717) is 44.8 Å². The summed E-state index contributed by atoms with van der Waals surface area (Å²) < 4.78 is 1.67. The monoisotopic (exact) mass is 702 g/mol. The van der Waals surface area contributed by atoms with Crippen LogP contribution in [-0.2, 0) is 48.3 Å². The molecule has 278 valence electrons. The molecule has 0 bridgehead atoms. The molecule has 16 heteroatoms. The zero-order valence-corrected chi connectivity index (χ0v) is 29.7. The lowest BCUT2D eigenvalue weighted by Crippen LogP contribution is -2.53. The van der Waals surface area contributed by atoms with E-state index in [1.807, 2.05) is 65.1 Å². The molecule has 2 rings (SSSR count). The number of hydrogen-bond donors (Lipinski definition) is 7. The lowest BCUT2D eigenvalue weighted by atomic mass is 10.1. The zero-order chi connectivity index (χ0) is 37.6. The number of aryl methyl sites for hydroxylation is 3. The summed E-state index contributed by atoms with van der Waals surface area (Å²) in [5.74, 6) is -5.85. The molecule has 8 N–H and O–H groups in total. The SMILES string of the molecule is CC.Cc1ccc(CCCC(=O)NC(CCC(=O)O)C(=O)NC(CC(=O)NC(CCCCn2cc(CNC(C)C)nn2)C(N)=O)C(=O)O)cc1. The molecule has 0 aliphatic heterocycles. The number of nitrogens with one attached hydrogen (secondary N) is 4. The third-order valence-corrected chi connectivity index (χ3v) is 7.38. The maximum atomic E-state index is 13.0. The number of hydrogen-bond acceptors (Lipinski definition) is 9. The van der Waals surface area contributed by atoms with E-state index in [4.69, 9.17) is 10.8 Å². The average molecular weight is 703 g/mol. The first-order chi connectivity index (χ1) is 23.7. The Morgan fingerprint density at radius 1 is 0.840 bits per heavy atom. The van der Waals surface area contributed by atoms with Crippen LogP contribution >= 0.6 is 0 Å². The van der Waals surface area contributed by atoms with Crippen molar-refractivity contribution in [2.75, 3.05) is 0 Å². The van der Waals surface area contributed by atoms with Crippen LogP contribution in [0.4, 0.5) is 0 Å². The van der Waals surface area contributed by atoms with Gasteiger partial charge >= 0.3 is 11.9 Å². The van der Waals surface area contributed by atoms with Crippen molar-refractivity contribution in [3.8, 4) is 0 Å². The van der Waals surface area contributed by atoms with Crippen molar-refractivity contribution < 1.29 is 39.0 Å². The molecule has 3 atom stereocenters. The Morgan fingerprint density at radius 3 is 2.10 bits per heavy atom. The maximum absolute atomic E-state index is 13.0. The van der Waals surface area contributed by atoms with E-state index in [-0.39, 0.29) is 19.3 Å². The number of nitrogens with two attached hydrogens (primary N) is 1. The van der Waals surface area contributed by atoms with Crippen LogP contribution in [0.2, 0.25) is 0 Å². The highest BCUT2D eigenvalue weighted by molar-refractivity contribution is 5.93. The van der Waals surface area contributed by atoms with Crippen LogP contribution in [0.3, 0.4) is 0 Å². The quantitative estimate of drug-likeness (QED) is 0.0819. The van der Waals surface area contributed by atoms with Gasteiger partial charge in [0.2, 0.25) is 23.6 Å². The summed E-state index contributed by atoms with van der Waals surface area (Å²) >= 11 is 0. The molecule has 0 fully saturated rings. The first kappa shape index (κ1) is 43.2. The minimum atomic E-state index is -1.72. The van der Waals surface area contributed by atoms with E-state index in [2.05, 4.69) is 31.6 Å². The molecule has 0 aliphatic rings. The summed E-state index contributed by atoms with van der Waals surface area (Å²) in [5, 5.41) is 37.3. The summed E-state index contributed by atoms with van der Waals surface area (Å²) in [6.07, 6.45) is 2.74. The van der Waals surface area contributed by atoms with Crippen molar-refractivity contribution in [2.24, 2.45) is 5.73 Å². The number of carbonyl (C=O) groups is 6. The summed E-state index contributed by atoms with van der Waals surface area (Å²) in [6.45, 7) is 11.1. The van der Waals surface area contributed by atoms with Gasteiger partial charge in [-0.05, 0) is 51.0 Å².